The zero-order chi connectivity index (χ0) is 29.0. The lowest BCUT2D eigenvalue weighted by Crippen LogP contribution is -2.18. The number of halogens is 6. The average molecular weight is 561 g/mol. The Balaban J connectivity index is 2.07. The van der Waals surface area contributed by atoms with E-state index in [4.69, 9.17) is 14.2 Å². The van der Waals surface area contributed by atoms with Gasteiger partial charge in [0.1, 0.15) is 17.0 Å². The van der Waals surface area contributed by atoms with Crippen LogP contribution in [-0.4, -0.2) is 49.5 Å². The molecule has 16 heteroatoms. The summed E-state index contributed by atoms with van der Waals surface area (Å²) in [4.78, 5) is 32.2. The zero-order valence-corrected chi connectivity index (χ0v) is 20.1. The molecule has 0 bridgehead atoms. The molecule has 0 fully saturated rings. The number of rotatable bonds is 8. The predicted octanol–water partition coefficient (Wildman–Crippen LogP) is 5.24. The Bertz CT molecular complexity index is 1380. The number of amides is 1. The number of hydrogen-bond donors (Lipinski definition) is 1. The molecule has 0 spiro atoms. The van der Waals surface area contributed by atoms with E-state index in [0.717, 1.165) is 51.8 Å². The molecule has 1 amide bonds. The van der Waals surface area contributed by atoms with E-state index in [9.17, 15) is 35.9 Å². The minimum atomic E-state index is -5.03. The van der Waals surface area contributed by atoms with Crippen molar-refractivity contribution in [3.63, 3.8) is 0 Å². The lowest BCUT2D eigenvalue weighted by Gasteiger charge is -2.18. The zero-order valence-electron chi connectivity index (χ0n) is 20.1. The molecule has 0 aliphatic heterocycles. The molecule has 2 heterocycles. The van der Waals surface area contributed by atoms with Crippen molar-refractivity contribution in [1.29, 1.82) is 0 Å². The molecule has 0 radical (unpaired) electrons. The summed E-state index contributed by atoms with van der Waals surface area (Å²) in [6.07, 6.45) is -8.86. The third-order valence-corrected chi connectivity index (χ3v) is 4.67. The van der Waals surface area contributed by atoms with Gasteiger partial charge < -0.3 is 29.0 Å². The van der Waals surface area contributed by atoms with Crippen LogP contribution in [0.15, 0.2) is 42.6 Å². The molecule has 39 heavy (non-hydrogen) atoms. The maximum atomic E-state index is 13.7. The van der Waals surface area contributed by atoms with Crippen LogP contribution in [-0.2, 0) is 10.9 Å². The lowest BCUT2D eigenvalue weighted by atomic mass is 10.2. The van der Waals surface area contributed by atoms with Gasteiger partial charge in [-0.05, 0) is 24.3 Å². The summed E-state index contributed by atoms with van der Waals surface area (Å²) in [5.74, 6) is -5.10. The van der Waals surface area contributed by atoms with Gasteiger partial charge >= 0.3 is 18.5 Å². The minimum Gasteiger partial charge on any atom is -0.493 e. The Morgan fingerprint density at radius 2 is 1.59 bits per heavy atom. The molecule has 0 atom stereocenters. The van der Waals surface area contributed by atoms with E-state index < -0.39 is 53.1 Å². The van der Waals surface area contributed by atoms with Crippen LogP contribution in [0.4, 0.5) is 32.0 Å². The fraction of sp³-hybridized carbons (Fsp3) is 0.217. The molecule has 3 aromatic rings. The third kappa shape index (κ3) is 7.18. The highest BCUT2D eigenvalue weighted by atomic mass is 19.4. The minimum absolute atomic E-state index is 0.00625. The van der Waals surface area contributed by atoms with Crippen LogP contribution >= 0.6 is 0 Å². The molecule has 2 aromatic heterocycles. The summed E-state index contributed by atoms with van der Waals surface area (Å²) in [6, 6.07) is 5.34. The number of carbonyl (C=O) groups is 2. The van der Waals surface area contributed by atoms with Crippen LogP contribution in [0.25, 0.3) is 0 Å². The summed E-state index contributed by atoms with van der Waals surface area (Å²) in [7, 11) is 3.06. The van der Waals surface area contributed by atoms with Gasteiger partial charge in [0.25, 0.3) is 5.91 Å². The highest BCUT2D eigenvalue weighted by Gasteiger charge is 2.38. The molecule has 3 rings (SSSR count). The molecule has 10 nitrogen and oxygen atoms in total. The van der Waals surface area contributed by atoms with Crippen LogP contribution in [0.5, 0.6) is 28.9 Å². The Morgan fingerprint density at radius 3 is 2.18 bits per heavy atom. The number of benzene rings is 1. The molecular weight excluding hydrogens is 544 g/mol. The number of nitrogens with one attached hydrogen (secondary N) is 1. The second kappa shape index (κ2) is 11.3. The quantitative estimate of drug-likeness (QED) is 0.291. The summed E-state index contributed by atoms with van der Waals surface area (Å²) >= 11 is 0. The summed E-state index contributed by atoms with van der Waals surface area (Å²) in [5.41, 5.74) is -2.32. The van der Waals surface area contributed by atoms with E-state index >= 15 is 0 Å². The van der Waals surface area contributed by atoms with E-state index in [1.54, 1.807) is 0 Å². The van der Waals surface area contributed by atoms with Crippen molar-refractivity contribution in [2.45, 2.75) is 12.5 Å². The lowest BCUT2D eigenvalue weighted by molar-refractivity contribution is -0.274. The van der Waals surface area contributed by atoms with Crippen LogP contribution in [0.2, 0.25) is 0 Å². The van der Waals surface area contributed by atoms with Crippen molar-refractivity contribution in [2.24, 2.45) is 0 Å². The standard InChI is InChI=1S/C23H17F6N3O7/c1-35-16-9-12(39-23(27,28)29)4-5-15(16)38-17-10-13(22(24,25)26)20(36-2)32-18(17)19(33)31-11-6-7-30-14(8-11)21(34)37-3/h4-10H,1-3H3,(H,30,31,33). The number of aromatic nitrogens is 2. The number of esters is 1. The smallest absolute Gasteiger partial charge is 0.493 e. The van der Waals surface area contributed by atoms with Gasteiger partial charge in [0.05, 0.1) is 21.3 Å². The molecule has 208 valence electrons. The van der Waals surface area contributed by atoms with Crippen LogP contribution in [0.1, 0.15) is 26.5 Å². The largest absolute Gasteiger partial charge is 0.573 e. The predicted molar refractivity (Wildman–Crippen MR) is 119 cm³/mol. The van der Waals surface area contributed by atoms with Gasteiger partial charge in [0, 0.05) is 24.0 Å². The summed E-state index contributed by atoms with van der Waals surface area (Å²) in [5, 5.41) is 2.33. The first-order valence-corrected chi connectivity index (χ1v) is 10.4. The first-order valence-electron chi connectivity index (χ1n) is 10.4. The molecule has 0 saturated heterocycles. The Kier molecular flexibility index (Phi) is 8.36. The number of ether oxygens (including phenoxy) is 5. The number of hydrogen-bond acceptors (Lipinski definition) is 9. The van der Waals surface area contributed by atoms with E-state index in [2.05, 4.69) is 24.8 Å². The van der Waals surface area contributed by atoms with Crippen molar-refractivity contribution in [3.8, 4) is 28.9 Å². The van der Waals surface area contributed by atoms with Crippen molar-refractivity contribution in [3.05, 3.63) is 59.5 Å². The van der Waals surface area contributed by atoms with E-state index in [1.165, 1.54) is 6.07 Å². The van der Waals surface area contributed by atoms with Crippen LogP contribution < -0.4 is 24.3 Å². The maximum Gasteiger partial charge on any atom is 0.573 e. The first-order chi connectivity index (χ1) is 18.2. The van der Waals surface area contributed by atoms with Crippen LogP contribution in [0, 0.1) is 0 Å². The summed E-state index contributed by atoms with van der Waals surface area (Å²) in [6.45, 7) is 0. The van der Waals surface area contributed by atoms with Gasteiger partial charge in [-0.3, -0.25) is 4.79 Å². The van der Waals surface area contributed by atoms with Gasteiger partial charge in [0.15, 0.2) is 22.9 Å². The van der Waals surface area contributed by atoms with Crippen molar-refractivity contribution < 1.29 is 59.6 Å². The van der Waals surface area contributed by atoms with Crippen LogP contribution in [0.3, 0.4) is 0 Å². The van der Waals surface area contributed by atoms with Gasteiger partial charge in [0.2, 0.25) is 5.88 Å². The monoisotopic (exact) mass is 561 g/mol. The van der Waals surface area contributed by atoms with Gasteiger partial charge in [-0.25, -0.2) is 14.8 Å². The average Bonchev–Trinajstić information content (AvgIpc) is 2.87. The Hall–Kier alpha value is -4.76. The number of methoxy groups -OCH3 is 3. The molecule has 0 unspecified atom stereocenters. The fourth-order valence-corrected chi connectivity index (χ4v) is 3.04. The van der Waals surface area contributed by atoms with E-state index in [0.29, 0.717) is 6.07 Å². The number of alkyl halides is 6. The SMILES string of the molecule is COC(=O)c1cc(NC(=O)c2nc(OC)c(C(F)(F)F)cc2Oc2ccc(OC(F)(F)F)cc2OC)ccn1. The maximum absolute atomic E-state index is 13.7. The normalized spacial score (nSPS) is 11.4. The van der Waals surface area contributed by atoms with Crippen molar-refractivity contribution >= 4 is 17.6 Å². The molecule has 0 saturated carbocycles. The molecule has 1 aromatic carbocycles. The second-order valence-electron chi connectivity index (χ2n) is 7.23. The third-order valence-electron chi connectivity index (χ3n) is 4.67. The number of pyridine rings is 2. The highest BCUT2D eigenvalue weighted by Crippen LogP contribution is 2.42. The number of carbonyl (C=O) groups excluding carboxylic acids is 2. The molecular formula is C23H17F6N3O7. The van der Waals surface area contributed by atoms with Crippen molar-refractivity contribution in [2.75, 3.05) is 26.6 Å². The second-order valence-corrected chi connectivity index (χ2v) is 7.23. The highest BCUT2D eigenvalue weighted by molar-refractivity contribution is 6.05. The Morgan fingerprint density at radius 1 is 0.872 bits per heavy atom. The molecule has 0 aliphatic carbocycles. The first kappa shape index (κ1) is 28.8. The van der Waals surface area contributed by atoms with E-state index in [1.807, 2.05) is 0 Å². The topological polar surface area (TPSA) is 118 Å². The molecule has 1 N–H and O–H groups in total. The van der Waals surface area contributed by atoms with Crippen molar-refractivity contribution in [1.82, 2.24) is 9.97 Å². The van der Waals surface area contributed by atoms with Gasteiger partial charge in [-0.15, -0.1) is 13.2 Å². The van der Waals surface area contributed by atoms with E-state index in [-0.39, 0.29) is 22.9 Å². The summed E-state index contributed by atoms with van der Waals surface area (Å²) < 4.78 is 102. The number of nitrogens with zero attached hydrogens (tertiary/aromatic N) is 2. The number of anilines is 1. The fourth-order valence-electron chi connectivity index (χ4n) is 3.04. The van der Waals surface area contributed by atoms with Gasteiger partial charge in [-0.1, -0.05) is 0 Å². The Labute approximate surface area is 215 Å². The van der Waals surface area contributed by atoms with Gasteiger partial charge in [-0.2, -0.15) is 13.2 Å². The molecule has 0 aliphatic rings.